The van der Waals surface area contributed by atoms with Gasteiger partial charge in [-0.1, -0.05) is 11.6 Å². The molecule has 12 nitrogen and oxygen atoms in total. The first-order chi connectivity index (χ1) is 22.0. The Morgan fingerprint density at radius 3 is 2.37 bits per heavy atom. The van der Waals surface area contributed by atoms with Gasteiger partial charge in [-0.3, -0.25) is 14.6 Å². The Morgan fingerprint density at radius 1 is 1.00 bits per heavy atom. The van der Waals surface area contributed by atoms with Gasteiger partial charge < -0.3 is 26.2 Å². The summed E-state index contributed by atoms with van der Waals surface area (Å²) in [5, 5.41) is 5.56. The minimum absolute atomic E-state index is 0.0134. The number of hydrogen-bond acceptors (Lipinski definition) is 9. The van der Waals surface area contributed by atoms with Crippen molar-refractivity contribution < 1.29 is 26.8 Å². The van der Waals surface area contributed by atoms with Crippen molar-refractivity contribution >= 4 is 44.9 Å². The van der Waals surface area contributed by atoms with Crippen LogP contribution < -0.4 is 26.2 Å². The lowest BCUT2D eigenvalue weighted by Gasteiger charge is -2.35. The molecule has 2 amide bonds. The van der Waals surface area contributed by atoms with Crippen LogP contribution in [0.15, 0.2) is 59.6 Å². The second-order valence-corrected chi connectivity index (χ2v) is 13.2. The number of nitrogens with one attached hydrogen (secondary N) is 2. The maximum absolute atomic E-state index is 15.6. The molecule has 16 heteroatoms. The number of alkyl halides is 2. The minimum atomic E-state index is -3.82. The van der Waals surface area contributed by atoms with Crippen LogP contribution in [0, 0.1) is 0 Å². The van der Waals surface area contributed by atoms with Crippen molar-refractivity contribution in [3.63, 3.8) is 0 Å². The Kier molecular flexibility index (Phi) is 10.5. The first-order valence-corrected chi connectivity index (χ1v) is 16.7. The summed E-state index contributed by atoms with van der Waals surface area (Å²) in [6.07, 6.45) is 2.34. The fourth-order valence-corrected chi connectivity index (χ4v) is 6.93. The number of halogens is 3. The van der Waals surface area contributed by atoms with Crippen molar-refractivity contribution in [1.29, 1.82) is 0 Å². The number of hydrogen-bond donors (Lipinski definition) is 3. The van der Waals surface area contributed by atoms with Crippen molar-refractivity contribution in [2.24, 2.45) is 5.73 Å². The molecule has 2 aliphatic heterocycles. The predicted molar refractivity (Wildman–Crippen MR) is 170 cm³/mol. The number of rotatable bonds is 12. The smallest absolute Gasteiger partial charge is 0.315 e. The van der Waals surface area contributed by atoms with E-state index in [1.165, 1.54) is 28.6 Å². The third kappa shape index (κ3) is 7.44. The molecule has 0 bridgehead atoms. The number of nitrogens with zero attached hydrogens (tertiary/aromatic N) is 5. The molecule has 0 spiro atoms. The van der Waals surface area contributed by atoms with Crippen molar-refractivity contribution in [3.05, 3.63) is 76.7 Å². The molecule has 0 atom stereocenters. The summed E-state index contributed by atoms with van der Waals surface area (Å²) in [5.41, 5.74) is 5.19. The maximum Gasteiger partial charge on any atom is 0.315 e. The van der Waals surface area contributed by atoms with Crippen LogP contribution in [0.2, 0.25) is 5.15 Å². The van der Waals surface area contributed by atoms with E-state index >= 15 is 8.78 Å². The molecule has 0 unspecified atom stereocenters. The Labute approximate surface area is 271 Å². The van der Waals surface area contributed by atoms with Gasteiger partial charge in [0.05, 0.1) is 10.5 Å². The number of pyridine rings is 2. The Bertz CT molecular complexity index is 1650. The molecule has 2 fully saturated rings. The number of benzene rings is 1. The van der Waals surface area contributed by atoms with Crippen LogP contribution in [0.1, 0.15) is 34.5 Å². The van der Waals surface area contributed by atoms with E-state index in [1.54, 1.807) is 21.9 Å². The second kappa shape index (κ2) is 14.3. The van der Waals surface area contributed by atoms with Crippen LogP contribution in [-0.2, 0) is 20.7 Å². The zero-order chi connectivity index (χ0) is 32.9. The summed E-state index contributed by atoms with van der Waals surface area (Å²) in [6.45, 7) is 3.13. The molecule has 4 heterocycles. The lowest BCUT2D eigenvalue weighted by Crippen LogP contribution is -2.49. The lowest BCUT2D eigenvalue weighted by atomic mass is 10.0. The molecular weight excluding hydrogens is 642 g/mol. The fraction of sp³-hybridized carbons (Fsp3) is 0.400. The molecule has 0 saturated carbocycles. The molecule has 0 radical (unpaired) electrons. The molecule has 2 aliphatic rings. The number of piperazine rings is 1. The molecule has 46 heavy (non-hydrogen) atoms. The predicted octanol–water partition coefficient (Wildman–Crippen LogP) is 2.19. The average Bonchev–Trinajstić information content (AvgIpc) is 3.50. The van der Waals surface area contributed by atoms with E-state index in [1.807, 2.05) is 0 Å². The summed E-state index contributed by atoms with van der Waals surface area (Å²) >= 11 is 6.17. The molecule has 1 aromatic carbocycles. The van der Waals surface area contributed by atoms with Gasteiger partial charge in [-0.15, -0.1) is 0 Å². The largest absolute Gasteiger partial charge is 0.354 e. The van der Waals surface area contributed by atoms with E-state index in [-0.39, 0.29) is 53.5 Å². The molecule has 0 aliphatic carbocycles. The standard InChI is InChI=1S/C30H35ClF2N8O4S/c31-26-18-22(30(32,33)25-8-3-21(20-37-25)29(43)36-12-11-35-10-9-34)19-27(38-26)39-14-16-40(17-15-39)46(44,45)24-6-4-23(5-7-24)41-13-1-2-28(41)42/h3-8,18-20,35H,1-2,9-17,34H2,(H,36,43). The van der Waals surface area contributed by atoms with Gasteiger partial charge in [-0.2, -0.15) is 13.1 Å². The number of amides is 2. The number of nitrogens with two attached hydrogens (primary N) is 1. The third-order valence-corrected chi connectivity index (χ3v) is 9.93. The van der Waals surface area contributed by atoms with Crippen LogP contribution in [0.25, 0.3) is 0 Å². The summed E-state index contributed by atoms with van der Waals surface area (Å²) < 4.78 is 59.3. The van der Waals surface area contributed by atoms with Crippen LogP contribution in [0.3, 0.4) is 0 Å². The van der Waals surface area contributed by atoms with Gasteiger partial charge in [-0.05, 0) is 55.0 Å². The molecule has 4 N–H and O–H groups in total. The third-order valence-electron chi connectivity index (χ3n) is 7.82. The van der Waals surface area contributed by atoms with E-state index in [4.69, 9.17) is 17.3 Å². The molecule has 2 saturated heterocycles. The van der Waals surface area contributed by atoms with Gasteiger partial charge in [0.2, 0.25) is 15.9 Å². The van der Waals surface area contributed by atoms with Crippen molar-refractivity contribution in [2.45, 2.75) is 23.7 Å². The van der Waals surface area contributed by atoms with E-state index in [0.717, 1.165) is 24.8 Å². The lowest BCUT2D eigenvalue weighted by molar-refractivity contribution is -0.117. The Balaban J connectivity index is 1.23. The highest BCUT2D eigenvalue weighted by atomic mass is 35.5. The highest BCUT2D eigenvalue weighted by molar-refractivity contribution is 7.89. The van der Waals surface area contributed by atoms with Gasteiger partial charge in [0.25, 0.3) is 5.91 Å². The van der Waals surface area contributed by atoms with Crippen LogP contribution in [0.4, 0.5) is 20.3 Å². The van der Waals surface area contributed by atoms with Crippen LogP contribution in [-0.4, -0.2) is 93.4 Å². The fourth-order valence-electron chi connectivity index (χ4n) is 5.31. The Morgan fingerprint density at radius 2 is 1.74 bits per heavy atom. The van der Waals surface area contributed by atoms with Crippen LogP contribution in [0.5, 0.6) is 0 Å². The summed E-state index contributed by atoms with van der Waals surface area (Å²) in [4.78, 5) is 35.9. The topological polar surface area (TPSA) is 154 Å². The normalized spacial score (nSPS) is 16.2. The maximum atomic E-state index is 15.6. The SMILES string of the molecule is NCCNCCNC(=O)c1ccc(C(F)(F)c2cc(Cl)nc(N3CCN(S(=O)(=O)c4ccc(N5CCCC5=O)cc4)CC3)c2)nc1. The highest BCUT2D eigenvalue weighted by Crippen LogP contribution is 2.37. The second-order valence-electron chi connectivity index (χ2n) is 10.9. The number of anilines is 2. The molecule has 2 aromatic heterocycles. The number of sulfonamides is 1. The average molecular weight is 677 g/mol. The minimum Gasteiger partial charge on any atom is -0.354 e. The van der Waals surface area contributed by atoms with E-state index in [0.29, 0.717) is 44.8 Å². The van der Waals surface area contributed by atoms with E-state index in [2.05, 4.69) is 20.6 Å². The number of carbonyl (C=O) groups is 2. The van der Waals surface area contributed by atoms with Gasteiger partial charge >= 0.3 is 5.92 Å². The van der Waals surface area contributed by atoms with Crippen molar-refractivity contribution in [1.82, 2.24) is 24.9 Å². The van der Waals surface area contributed by atoms with E-state index < -0.39 is 33.1 Å². The number of carbonyl (C=O) groups excluding carboxylic acids is 2. The Hall–Kier alpha value is -3.76. The first kappa shape index (κ1) is 33.6. The summed E-state index contributed by atoms with van der Waals surface area (Å²) in [7, 11) is -3.82. The zero-order valence-corrected chi connectivity index (χ0v) is 26.5. The first-order valence-electron chi connectivity index (χ1n) is 14.9. The summed E-state index contributed by atoms with van der Waals surface area (Å²) in [5.74, 6) is -3.81. The van der Waals surface area contributed by atoms with Gasteiger partial charge in [0.1, 0.15) is 16.7 Å². The number of aromatic nitrogens is 2. The quantitative estimate of drug-likeness (QED) is 0.194. The van der Waals surface area contributed by atoms with Crippen LogP contribution >= 0.6 is 11.6 Å². The zero-order valence-electron chi connectivity index (χ0n) is 25.0. The monoisotopic (exact) mass is 676 g/mol. The van der Waals surface area contributed by atoms with Crippen molar-refractivity contribution in [2.75, 3.05) is 68.7 Å². The van der Waals surface area contributed by atoms with Gasteiger partial charge in [0, 0.05) is 82.8 Å². The van der Waals surface area contributed by atoms with E-state index in [9.17, 15) is 18.0 Å². The molecule has 246 valence electrons. The molecule has 3 aromatic rings. The highest BCUT2D eigenvalue weighted by Gasteiger charge is 2.38. The van der Waals surface area contributed by atoms with Gasteiger partial charge in [-0.25, -0.2) is 13.4 Å². The molecule has 5 rings (SSSR count). The summed E-state index contributed by atoms with van der Waals surface area (Å²) in [6, 6.07) is 10.9. The van der Waals surface area contributed by atoms with Crippen molar-refractivity contribution in [3.8, 4) is 0 Å². The van der Waals surface area contributed by atoms with Gasteiger partial charge in [0.15, 0.2) is 0 Å². The molecular formula is C30H35ClF2N8O4S.